The maximum absolute atomic E-state index is 11.3. The minimum Gasteiger partial charge on any atom is -0.476 e. The molecule has 0 amide bonds. The van der Waals surface area contributed by atoms with Crippen LogP contribution in [0.15, 0.2) is 12.7 Å². The van der Waals surface area contributed by atoms with Crippen molar-refractivity contribution in [3.63, 3.8) is 0 Å². The smallest absolute Gasteiger partial charge is 0.372 e. The number of carbonyl (C=O) groups is 4. The summed E-state index contributed by atoms with van der Waals surface area (Å²) in [5, 5.41) is 8.39. The van der Waals surface area contributed by atoms with Crippen molar-refractivity contribution in [3.05, 3.63) is 12.7 Å². The molecule has 0 bridgehead atoms. The normalized spacial score (nSPS) is 10.5. The van der Waals surface area contributed by atoms with E-state index in [9.17, 15) is 19.2 Å². The molecule has 0 fully saturated rings. The molecule has 32 heavy (non-hydrogen) atoms. The molecule has 0 aromatic rings. The lowest BCUT2D eigenvalue weighted by Crippen LogP contribution is -2.17. The van der Waals surface area contributed by atoms with Crippen molar-refractivity contribution >= 4 is 23.7 Å². The first-order valence-electron chi connectivity index (χ1n) is 10.1. The van der Waals surface area contributed by atoms with Gasteiger partial charge in [0.2, 0.25) is 5.78 Å². The fourth-order valence-corrected chi connectivity index (χ4v) is 1.85. The van der Waals surface area contributed by atoms with Gasteiger partial charge < -0.3 is 38.3 Å². The highest BCUT2D eigenvalue weighted by atomic mass is 16.6. The van der Waals surface area contributed by atoms with E-state index in [2.05, 4.69) is 6.58 Å². The molecule has 0 saturated carbocycles. The van der Waals surface area contributed by atoms with E-state index in [-0.39, 0.29) is 32.7 Å². The van der Waals surface area contributed by atoms with Crippen molar-refractivity contribution in [2.24, 2.45) is 0 Å². The van der Waals surface area contributed by atoms with E-state index in [4.69, 9.17) is 38.3 Å². The Labute approximate surface area is 186 Å². The zero-order valence-corrected chi connectivity index (χ0v) is 18.1. The standard InChI is InChI=1S/C20H32O12/c1-2-18(22)31-15-13-29-11-9-27-7-5-26-6-8-28-10-12-30-14-16-32-19(23)4-3-17(21)20(24)25/h2H,1,3-16H2,(H,24,25). The topological polar surface area (TPSA) is 153 Å². The largest absolute Gasteiger partial charge is 0.476 e. The number of carboxylic acid groups (broad SMARTS) is 1. The lowest BCUT2D eigenvalue weighted by Gasteiger charge is -2.08. The molecule has 12 nitrogen and oxygen atoms in total. The van der Waals surface area contributed by atoms with Gasteiger partial charge in [-0.05, 0) is 0 Å². The number of hydrogen-bond donors (Lipinski definition) is 1. The molecule has 184 valence electrons. The Morgan fingerprint density at radius 2 is 0.969 bits per heavy atom. The summed E-state index contributed by atoms with van der Waals surface area (Å²) in [5.41, 5.74) is 0. The zero-order valence-electron chi connectivity index (χ0n) is 18.1. The van der Waals surface area contributed by atoms with E-state index < -0.39 is 23.7 Å². The fraction of sp³-hybridized carbons (Fsp3) is 0.700. The molecule has 0 spiro atoms. The van der Waals surface area contributed by atoms with Crippen LogP contribution in [0, 0.1) is 0 Å². The highest BCUT2D eigenvalue weighted by molar-refractivity contribution is 6.32. The zero-order chi connectivity index (χ0) is 23.9. The van der Waals surface area contributed by atoms with Gasteiger partial charge in [0.25, 0.3) is 0 Å². The van der Waals surface area contributed by atoms with Crippen LogP contribution in [-0.2, 0) is 52.3 Å². The van der Waals surface area contributed by atoms with Gasteiger partial charge in [-0.3, -0.25) is 9.59 Å². The van der Waals surface area contributed by atoms with Crippen LogP contribution < -0.4 is 0 Å². The van der Waals surface area contributed by atoms with Gasteiger partial charge in [-0.2, -0.15) is 0 Å². The Morgan fingerprint density at radius 3 is 1.34 bits per heavy atom. The molecule has 0 aromatic heterocycles. The maximum atomic E-state index is 11.3. The first-order chi connectivity index (χ1) is 15.5. The minimum absolute atomic E-state index is 0.0109. The van der Waals surface area contributed by atoms with E-state index in [1.807, 2.05) is 0 Å². The molecule has 0 aromatic carbocycles. The predicted molar refractivity (Wildman–Crippen MR) is 108 cm³/mol. The van der Waals surface area contributed by atoms with Gasteiger partial charge >= 0.3 is 17.9 Å². The van der Waals surface area contributed by atoms with Crippen molar-refractivity contribution < 1.29 is 57.4 Å². The number of carboxylic acids is 1. The van der Waals surface area contributed by atoms with Gasteiger partial charge in [0.15, 0.2) is 0 Å². The van der Waals surface area contributed by atoms with Gasteiger partial charge in [-0.1, -0.05) is 6.58 Å². The second kappa shape index (κ2) is 21.8. The molecule has 0 rings (SSSR count). The average molecular weight is 464 g/mol. The fourth-order valence-electron chi connectivity index (χ4n) is 1.85. The van der Waals surface area contributed by atoms with Crippen molar-refractivity contribution in [2.45, 2.75) is 12.8 Å². The monoisotopic (exact) mass is 464 g/mol. The van der Waals surface area contributed by atoms with Crippen LogP contribution in [0.1, 0.15) is 12.8 Å². The molecular formula is C20H32O12. The molecular weight excluding hydrogens is 432 g/mol. The Bertz CT molecular complexity index is 549. The SMILES string of the molecule is C=CC(=O)OCCOCCOCCOCCOCCOCCOC(=O)CCC(=O)C(=O)O. The number of ether oxygens (including phenoxy) is 7. The molecule has 0 aliphatic rings. The summed E-state index contributed by atoms with van der Waals surface area (Å²) in [6, 6.07) is 0. The first-order valence-corrected chi connectivity index (χ1v) is 10.1. The maximum Gasteiger partial charge on any atom is 0.372 e. The number of Topliss-reactive ketones (excluding diaryl/α,β-unsaturated/α-hetero) is 1. The molecule has 0 aliphatic carbocycles. The van der Waals surface area contributed by atoms with Crippen LogP contribution in [-0.4, -0.2) is 108 Å². The summed E-state index contributed by atoms with van der Waals surface area (Å²) in [4.78, 5) is 43.2. The summed E-state index contributed by atoms with van der Waals surface area (Å²) >= 11 is 0. The number of aliphatic carboxylic acids is 1. The Balaban J connectivity index is 3.20. The van der Waals surface area contributed by atoms with Crippen LogP contribution in [0.25, 0.3) is 0 Å². The van der Waals surface area contributed by atoms with Crippen LogP contribution in [0.4, 0.5) is 0 Å². The van der Waals surface area contributed by atoms with Gasteiger partial charge in [0, 0.05) is 12.5 Å². The second-order valence-corrected chi connectivity index (χ2v) is 5.88. The number of esters is 2. The van der Waals surface area contributed by atoms with Gasteiger partial charge in [-0.15, -0.1) is 0 Å². The third kappa shape index (κ3) is 20.9. The van der Waals surface area contributed by atoms with Crippen LogP contribution in [0.3, 0.4) is 0 Å². The molecule has 0 saturated heterocycles. The summed E-state index contributed by atoms with van der Waals surface area (Å²) in [5.74, 6) is -3.73. The number of rotatable bonds is 23. The molecule has 0 atom stereocenters. The predicted octanol–water partition coefficient (Wildman–Crippen LogP) is -0.224. The third-order valence-corrected chi connectivity index (χ3v) is 3.41. The van der Waals surface area contributed by atoms with Crippen LogP contribution in [0.2, 0.25) is 0 Å². The number of carbonyl (C=O) groups excluding carboxylic acids is 3. The summed E-state index contributed by atoms with van der Waals surface area (Å²) in [6.45, 7) is 7.01. The molecule has 0 unspecified atom stereocenters. The van der Waals surface area contributed by atoms with E-state index in [1.165, 1.54) is 0 Å². The van der Waals surface area contributed by atoms with Gasteiger partial charge in [-0.25, -0.2) is 9.59 Å². The van der Waals surface area contributed by atoms with Crippen molar-refractivity contribution in [1.29, 1.82) is 0 Å². The Hall–Kier alpha value is -2.38. The second-order valence-electron chi connectivity index (χ2n) is 5.88. The minimum atomic E-state index is -1.57. The summed E-state index contributed by atoms with van der Waals surface area (Å²) < 4.78 is 35.9. The Kier molecular flexibility index (Phi) is 20.2. The number of ketones is 1. The highest BCUT2D eigenvalue weighted by Crippen LogP contribution is 1.95. The lowest BCUT2D eigenvalue weighted by atomic mass is 10.2. The van der Waals surface area contributed by atoms with E-state index >= 15 is 0 Å². The van der Waals surface area contributed by atoms with Crippen molar-refractivity contribution in [3.8, 4) is 0 Å². The highest BCUT2D eigenvalue weighted by Gasteiger charge is 2.14. The molecule has 12 heteroatoms. The van der Waals surface area contributed by atoms with E-state index in [0.717, 1.165) is 6.08 Å². The quantitative estimate of drug-likeness (QED) is 0.0920. The first kappa shape index (κ1) is 29.6. The third-order valence-electron chi connectivity index (χ3n) is 3.41. The number of hydrogen-bond acceptors (Lipinski definition) is 11. The lowest BCUT2D eigenvalue weighted by molar-refractivity contribution is -0.151. The van der Waals surface area contributed by atoms with Crippen LogP contribution in [0.5, 0.6) is 0 Å². The average Bonchev–Trinajstić information content (AvgIpc) is 2.78. The van der Waals surface area contributed by atoms with Crippen LogP contribution >= 0.6 is 0 Å². The molecule has 0 radical (unpaired) electrons. The van der Waals surface area contributed by atoms with E-state index in [1.54, 1.807) is 0 Å². The Morgan fingerprint density at radius 1 is 0.594 bits per heavy atom. The van der Waals surface area contributed by atoms with Crippen molar-refractivity contribution in [2.75, 3.05) is 79.3 Å². The summed E-state index contributed by atoms with van der Waals surface area (Å²) in [7, 11) is 0. The van der Waals surface area contributed by atoms with Gasteiger partial charge in [0.1, 0.15) is 13.2 Å². The molecule has 0 aliphatic heterocycles. The molecule has 1 N–H and O–H groups in total. The van der Waals surface area contributed by atoms with E-state index in [0.29, 0.717) is 59.5 Å². The summed E-state index contributed by atoms with van der Waals surface area (Å²) in [6.07, 6.45) is 0.428. The molecule has 0 heterocycles. The van der Waals surface area contributed by atoms with Crippen molar-refractivity contribution in [1.82, 2.24) is 0 Å². The van der Waals surface area contributed by atoms with Gasteiger partial charge in [0.05, 0.1) is 72.5 Å².